The average molecular weight is 614 g/mol. The van der Waals surface area contributed by atoms with Crippen LogP contribution in [0.1, 0.15) is 17.5 Å². The Kier molecular flexibility index (Phi) is 13.0. The second kappa shape index (κ2) is 14.9. The first kappa shape index (κ1) is 27.0. The fourth-order valence-electron chi connectivity index (χ4n) is 2.83. The molecule has 1 aliphatic rings. The van der Waals surface area contributed by atoms with E-state index in [4.69, 9.17) is 0 Å². The van der Waals surface area contributed by atoms with Gasteiger partial charge in [0.15, 0.2) is 0 Å². The molecule has 0 fully saturated rings. The monoisotopic (exact) mass is 614 g/mol. The van der Waals surface area contributed by atoms with Crippen molar-refractivity contribution in [1.29, 1.82) is 0 Å². The molecule has 0 saturated heterocycles. The van der Waals surface area contributed by atoms with Crippen LogP contribution in [0.2, 0.25) is 0 Å². The summed E-state index contributed by atoms with van der Waals surface area (Å²) in [6.45, 7) is 0. The molecule has 0 nitrogen and oxygen atoms in total. The van der Waals surface area contributed by atoms with Gasteiger partial charge in [0.05, 0.1) is 0 Å². The molecule has 4 heteroatoms. The number of fused-ring (bicyclic) bond motifs is 1. The van der Waals surface area contributed by atoms with Crippen LogP contribution in [0.3, 0.4) is 0 Å². The molecule has 31 heavy (non-hydrogen) atoms. The number of benzene rings is 3. The molecule has 0 bridgehead atoms. The van der Waals surface area contributed by atoms with Crippen LogP contribution in [0.5, 0.6) is 0 Å². The Bertz CT molecular complexity index is 1070. The minimum atomic E-state index is -0.133. The fraction of sp³-hybridized carbons (Fsp3) is 0.0370. The third kappa shape index (κ3) is 8.57. The second-order valence-electron chi connectivity index (χ2n) is 6.38. The van der Waals surface area contributed by atoms with Gasteiger partial charge >= 0.3 is 103 Å². The number of rotatable bonds is 2. The summed E-state index contributed by atoms with van der Waals surface area (Å²) in [5.74, 6) is -0.133. The van der Waals surface area contributed by atoms with Gasteiger partial charge in [0.2, 0.25) is 0 Å². The van der Waals surface area contributed by atoms with Gasteiger partial charge in [0, 0.05) is 0 Å². The molecule has 5 rings (SSSR count). The van der Waals surface area contributed by atoms with Crippen molar-refractivity contribution < 1.29 is 53.1 Å². The largest absolute Gasteiger partial charge is 1.00 e. The zero-order valence-electron chi connectivity index (χ0n) is 16.8. The van der Waals surface area contributed by atoms with Crippen LogP contribution < -0.4 is 24.8 Å². The van der Waals surface area contributed by atoms with E-state index in [9.17, 15) is 4.39 Å². The summed E-state index contributed by atoms with van der Waals surface area (Å²) in [5.41, 5.74) is 1.85. The predicted octanol–water partition coefficient (Wildman–Crippen LogP) is 0.814. The number of hydrogen-bond acceptors (Lipinski definition) is 0. The third-order valence-electron chi connectivity index (χ3n) is 4.34. The van der Waals surface area contributed by atoms with E-state index in [1.54, 1.807) is 6.07 Å². The van der Waals surface area contributed by atoms with E-state index >= 15 is 0 Å². The molecule has 0 N–H and O–H groups in total. The Morgan fingerprint density at radius 1 is 0.839 bits per heavy atom. The van der Waals surface area contributed by atoms with Crippen molar-refractivity contribution in [3.05, 3.63) is 138 Å². The molecule has 0 atom stereocenters. The van der Waals surface area contributed by atoms with E-state index in [1.165, 1.54) is 16.8 Å². The molecule has 0 aromatic heterocycles. The molecule has 1 aliphatic carbocycles. The number of halogens is 3. The summed E-state index contributed by atoms with van der Waals surface area (Å²) in [6, 6.07) is 31.6. The maximum Gasteiger partial charge on any atom is -0.0809 e. The first-order chi connectivity index (χ1) is 14.3. The topological polar surface area (TPSA) is 0 Å². The van der Waals surface area contributed by atoms with Crippen molar-refractivity contribution in [2.45, 2.75) is 6.42 Å². The summed E-state index contributed by atoms with van der Waals surface area (Å²) < 4.78 is 14.6. The third-order valence-corrected chi connectivity index (χ3v) is 6.34. The van der Waals surface area contributed by atoms with Crippen LogP contribution in [-0.2, 0) is 23.9 Å². The van der Waals surface area contributed by atoms with Crippen LogP contribution >= 0.6 is 0 Å². The minimum absolute atomic E-state index is 0. The SMILES string of the molecule is Fc1ccccc1[C](=[Hf+2])c1ccccc1.[C-]1=CC=CC1.[Cl-].[Cl-].c1ccc2[cH-]ccc2c1. The molecule has 0 heterocycles. The van der Waals surface area contributed by atoms with Crippen molar-refractivity contribution in [2.24, 2.45) is 0 Å². The van der Waals surface area contributed by atoms with Crippen molar-refractivity contribution in [3.8, 4) is 0 Å². The molecular weight excluding hydrogens is 593 g/mol. The van der Waals surface area contributed by atoms with Crippen molar-refractivity contribution in [2.75, 3.05) is 0 Å². The van der Waals surface area contributed by atoms with Crippen LogP contribution in [0, 0.1) is 11.9 Å². The summed E-state index contributed by atoms with van der Waals surface area (Å²) in [7, 11) is 0. The van der Waals surface area contributed by atoms with E-state index in [0.29, 0.717) is 0 Å². The Morgan fingerprint density at radius 2 is 1.52 bits per heavy atom. The quantitative estimate of drug-likeness (QED) is 0.232. The average Bonchev–Trinajstić information content (AvgIpc) is 3.50. The van der Waals surface area contributed by atoms with Crippen molar-refractivity contribution in [1.82, 2.24) is 0 Å². The van der Waals surface area contributed by atoms with Gasteiger partial charge in [-0.05, 0) is 0 Å². The van der Waals surface area contributed by atoms with Crippen LogP contribution in [-0.4, -0.2) is 3.26 Å². The molecule has 156 valence electrons. The summed E-state index contributed by atoms with van der Waals surface area (Å²) in [4.78, 5) is 0. The molecular formula is C27H21Cl2FHf-2. The Hall–Kier alpha value is -2.00. The fourth-order valence-corrected chi connectivity index (χ4v) is 4.16. The van der Waals surface area contributed by atoms with Gasteiger partial charge < -0.3 is 24.8 Å². The maximum absolute atomic E-state index is 13.5. The number of hydrogen-bond donors (Lipinski definition) is 0. The first-order valence-corrected chi connectivity index (χ1v) is 11.3. The molecule has 4 aromatic carbocycles. The van der Waals surface area contributed by atoms with E-state index in [0.717, 1.165) is 44.7 Å². The van der Waals surface area contributed by atoms with Crippen LogP contribution in [0.4, 0.5) is 4.39 Å². The van der Waals surface area contributed by atoms with Gasteiger partial charge in [-0.2, -0.15) is 23.6 Å². The van der Waals surface area contributed by atoms with E-state index in [2.05, 4.69) is 54.6 Å². The zero-order chi connectivity index (χ0) is 20.3. The molecule has 0 radical (unpaired) electrons. The maximum atomic E-state index is 13.5. The molecule has 0 unspecified atom stereocenters. The summed E-state index contributed by atoms with van der Waals surface area (Å²) in [6.07, 6.45) is 10.0. The molecule has 0 aliphatic heterocycles. The molecule has 0 amide bonds. The van der Waals surface area contributed by atoms with Crippen LogP contribution in [0.25, 0.3) is 10.8 Å². The Morgan fingerprint density at radius 3 is 2.13 bits per heavy atom. The Balaban J connectivity index is 0.000000255. The Labute approximate surface area is 210 Å². The molecule has 0 saturated carbocycles. The summed E-state index contributed by atoms with van der Waals surface area (Å²) >= 11 is 0.839. The van der Waals surface area contributed by atoms with E-state index in [-0.39, 0.29) is 30.6 Å². The van der Waals surface area contributed by atoms with Gasteiger partial charge in [-0.15, -0.1) is 36.1 Å². The van der Waals surface area contributed by atoms with Gasteiger partial charge in [0.1, 0.15) is 0 Å². The second-order valence-corrected chi connectivity index (χ2v) is 8.17. The van der Waals surface area contributed by atoms with E-state index in [1.807, 2.05) is 54.6 Å². The van der Waals surface area contributed by atoms with Crippen molar-refractivity contribution >= 4 is 14.0 Å². The first-order valence-electron chi connectivity index (χ1n) is 9.47. The van der Waals surface area contributed by atoms with Gasteiger partial charge in [-0.3, -0.25) is 6.08 Å². The predicted molar refractivity (Wildman–Crippen MR) is 117 cm³/mol. The number of allylic oxidation sites excluding steroid dienone is 4. The molecule has 4 aromatic rings. The van der Waals surface area contributed by atoms with E-state index < -0.39 is 0 Å². The van der Waals surface area contributed by atoms with Gasteiger partial charge in [-0.1, -0.05) is 6.07 Å². The van der Waals surface area contributed by atoms with Gasteiger partial charge in [0.25, 0.3) is 0 Å². The minimum Gasteiger partial charge on any atom is -1.00 e. The normalized spacial score (nSPS) is 10.7. The molecule has 0 spiro atoms. The van der Waals surface area contributed by atoms with Gasteiger partial charge in [-0.25, -0.2) is 12.2 Å². The standard InChI is InChI=1S/C13H9F.C9H7.C5H5.2ClH.Hf/c14-13-9-5-4-8-12(13)10-11-6-2-1-3-7-11;1-2-5-9-7-3-6-8(9)4-1;1-2-4-5-3-1;;;/h1-9H;1-7H;1-3H,4H2;2*1H;/q;2*-1;;;+2/p-2. The smallest absolute Gasteiger partial charge is 0.0809 e. The van der Waals surface area contributed by atoms with Crippen molar-refractivity contribution in [3.63, 3.8) is 0 Å². The zero-order valence-corrected chi connectivity index (χ0v) is 21.9. The summed E-state index contributed by atoms with van der Waals surface area (Å²) in [5, 5.41) is 2.66. The van der Waals surface area contributed by atoms with Crippen LogP contribution in [0.15, 0.2) is 115 Å².